The van der Waals surface area contributed by atoms with Crippen LogP contribution in [0.1, 0.15) is 58.3 Å². The summed E-state index contributed by atoms with van der Waals surface area (Å²) < 4.78 is 0. The van der Waals surface area contributed by atoms with Crippen molar-refractivity contribution >= 4 is 0 Å². The molecular formula is C13H25N. The lowest BCUT2D eigenvalue weighted by Gasteiger charge is -2.28. The van der Waals surface area contributed by atoms with Gasteiger partial charge >= 0.3 is 0 Å². The second-order valence-electron chi connectivity index (χ2n) is 5.53. The van der Waals surface area contributed by atoms with Crippen LogP contribution in [0.25, 0.3) is 0 Å². The molecule has 2 saturated carbocycles. The average molecular weight is 195 g/mol. The molecule has 1 heteroatoms. The molecule has 1 N–H and O–H groups in total. The van der Waals surface area contributed by atoms with Gasteiger partial charge in [0.05, 0.1) is 0 Å². The summed E-state index contributed by atoms with van der Waals surface area (Å²) in [5.74, 6) is 1.97. The molecule has 0 spiro atoms. The van der Waals surface area contributed by atoms with Crippen molar-refractivity contribution in [2.45, 2.75) is 64.3 Å². The van der Waals surface area contributed by atoms with Crippen molar-refractivity contribution in [1.29, 1.82) is 0 Å². The predicted octanol–water partition coefficient (Wildman–Crippen LogP) is 3.34. The van der Waals surface area contributed by atoms with Crippen molar-refractivity contribution in [1.82, 2.24) is 5.32 Å². The number of rotatable bonds is 3. The first kappa shape index (κ1) is 10.5. The molecule has 2 aliphatic rings. The summed E-state index contributed by atoms with van der Waals surface area (Å²) >= 11 is 0. The van der Waals surface area contributed by atoms with Crippen molar-refractivity contribution in [3.05, 3.63) is 0 Å². The summed E-state index contributed by atoms with van der Waals surface area (Å²) in [6.45, 7) is 3.72. The molecule has 0 bridgehead atoms. The minimum Gasteiger partial charge on any atom is -0.314 e. The van der Waals surface area contributed by atoms with E-state index in [-0.39, 0.29) is 0 Å². The Morgan fingerprint density at radius 1 is 1.00 bits per heavy atom. The van der Waals surface area contributed by atoms with Crippen LogP contribution in [0.2, 0.25) is 0 Å². The molecular weight excluding hydrogens is 170 g/mol. The first-order chi connectivity index (χ1) is 6.84. The number of hydrogen-bond donors (Lipinski definition) is 1. The molecule has 82 valence electrons. The van der Waals surface area contributed by atoms with Crippen LogP contribution in [0, 0.1) is 11.8 Å². The third kappa shape index (κ3) is 2.98. The van der Waals surface area contributed by atoms with Crippen molar-refractivity contribution in [2.75, 3.05) is 6.54 Å². The molecule has 2 aliphatic carbocycles. The fourth-order valence-corrected chi connectivity index (χ4v) is 3.21. The van der Waals surface area contributed by atoms with Crippen LogP contribution in [0.5, 0.6) is 0 Å². The first-order valence-corrected chi connectivity index (χ1v) is 6.58. The summed E-state index contributed by atoms with van der Waals surface area (Å²) in [6.07, 6.45) is 11.7. The monoisotopic (exact) mass is 195 g/mol. The van der Waals surface area contributed by atoms with E-state index >= 15 is 0 Å². The van der Waals surface area contributed by atoms with Gasteiger partial charge in [0.1, 0.15) is 0 Å². The second kappa shape index (κ2) is 5.16. The lowest BCUT2D eigenvalue weighted by molar-refractivity contribution is 0.267. The molecule has 0 aromatic rings. The number of hydrogen-bond acceptors (Lipinski definition) is 1. The predicted molar refractivity (Wildman–Crippen MR) is 61.4 cm³/mol. The van der Waals surface area contributed by atoms with Crippen molar-refractivity contribution in [3.8, 4) is 0 Å². The summed E-state index contributed by atoms with van der Waals surface area (Å²) in [6, 6.07) is 0.868. The maximum absolute atomic E-state index is 3.77. The minimum atomic E-state index is 0.868. The van der Waals surface area contributed by atoms with Gasteiger partial charge in [-0.3, -0.25) is 0 Å². The Morgan fingerprint density at radius 3 is 2.50 bits per heavy atom. The van der Waals surface area contributed by atoms with Gasteiger partial charge < -0.3 is 5.32 Å². The quantitative estimate of drug-likeness (QED) is 0.728. The van der Waals surface area contributed by atoms with Gasteiger partial charge in [0.2, 0.25) is 0 Å². The topological polar surface area (TPSA) is 12.0 Å². The molecule has 0 aromatic carbocycles. The summed E-state index contributed by atoms with van der Waals surface area (Å²) in [5, 5.41) is 3.77. The van der Waals surface area contributed by atoms with Crippen LogP contribution < -0.4 is 5.32 Å². The molecule has 0 aromatic heterocycles. The average Bonchev–Trinajstić information content (AvgIpc) is 2.67. The molecule has 0 amide bonds. The lowest BCUT2D eigenvalue weighted by atomic mass is 9.82. The van der Waals surface area contributed by atoms with E-state index < -0.39 is 0 Å². The Labute approximate surface area is 88.7 Å². The van der Waals surface area contributed by atoms with E-state index in [4.69, 9.17) is 0 Å². The largest absolute Gasteiger partial charge is 0.314 e. The molecule has 0 aliphatic heterocycles. The van der Waals surface area contributed by atoms with Crippen molar-refractivity contribution in [3.63, 3.8) is 0 Å². The van der Waals surface area contributed by atoms with Gasteiger partial charge in [0.25, 0.3) is 0 Å². The van der Waals surface area contributed by atoms with Gasteiger partial charge in [-0.2, -0.15) is 0 Å². The molecule has 0 radical (unpaired) electrons. The number of nitrogens with one attached hydrogen (secondary N) is 1. The van der Waals surface area contributed by atoms with E-state index in [1.54, 1.807) is 0 Å². The van der Waals surface area contributed by atoms with Crippen LogP contribution in [0.4, 0.5) is 0 Å². The van der Waals surface area contributed by atoms with E-state index in [1.807, 2.05) is 0 Å². The first-order valence-electron chi connectivity index (χ1n) is 6.58. The highest BCUT2D eigenvalue weighted by atomic mass is 14.9. The molecule has 0 saturated heterocycles. The Balaban J connectivity index is 1.64. The molecule has 2 atom stereocenters. The third-order valence-electron chi connectivity index (χ3n) is 4.10. The third-order valence-corrected chi connectivity index (χ3v) is 4.10. The molecule has 2 fully saturated rings. The SMILES string of the molecule is CC1CCCC(CNC2CCCC2)C1. The lowest BCUT2D eigenvalue weighted by Crippen LogP contribution is -2.33. The minimum absolute atomic E-state index is 0.868. The fourth-order valence-electron chi connectivity index (χ4n) is 3.21. The van der Waals surface area contributed by atoms with Gasteiger partial charge in [-0.05, 0) is 44.1 Å². The van der Waals surface area contributed by atoms with Crippen LogP contribution in [0.15, 0.2) is 0 Å². The van der Waals surface area contributed by atoms with Crippen molar-refractivity contribution < 1.29 is 0 Å². The van der Waals surface area contributed by atoms with Crippen LogP contribution in [0.3, 0.4) is 0 Å². The van der Waals surface area contributed by atoms with Gasteiger partial charge in [-0.15, -0.1) is 0 Å². The zero-order valence-corrected chi connectivity index (χ0v) is 9.60. The summed E-state index contributed by atoms with van der Waals surface area (Å²) in [4.78, 5) is 0. The van der Waals surface area contributed by atoms with Crippen molar-refractivity contribution in [2.24, 2.45) is 11.8 Å². The van der Waals surface area contributed by atoms with Gasteiger partial charge in [-0.1, -0.05) is 32.6 Å². The maximum atomic E-state index is 3.77. The van der Waals surface area contributed by atoms with E-state index in [1.165, 1.54) is 57.9 Å². The molecule has 14 heavy (non-hydrogen) atoms. The van der Waals surface area contributed by atoms with E-state index in [0.717, 1.165) is 17.9 Å². The fraction of sp³-hybridized carbons (Fsp3) is 1.00. The molecule has 0 heterocycles. The Bertz CT molecular complexity index is 161. The smallest absolute Gasteiger partial charge is 0.00671 e. The highest BCUT2D eigenvalue weighted by Crippen LogP contribution is 2.28. The van der Waals surface area contributed by atoms with Crippen LogP contribution >= 0.6 is 0 Å². The van der Waals surface area contributed by atoms with Crippen LogP contribution in [-0.4, -0.2) is 12.6 Å². The van der Waals surface area contributed by atoms with Gasteiger partial charge in [0, 0.05) is 6.04 Å². The summed E-state index contributed by atoms with van der Waals surface area (Å²) in [5.41, 5.74) is 0. The summed E-state index contributed by atoms with van der Waals surface area (Å²) in [7, 11) is 0. The Kier molecular flexibility index (Phi) is 3.86. The van der Waals surface area contributed by atoms with E-state index in [2.05, 4.69) is 12.2 Å². The molecule has 1 nitrogen and oxygen atoms in total. The Hall–Kier alpha value is -0.0400. The highest BCUT2D eigenvalue weighted by Gasteiger charge is 2.20. The van der Waals surface area contributed by atoms with Gasteiger partial charge in [0.15, 0.2) is 0 Å². The Morgan fingerprint density at radius 2 is 1.79 bits per heavy atom. The van der Waals surface area contributed by atoms with Gasteiger partial charge in [-0.25, -0.2) is 0 Å². The highest BCUT2D eigenvalue weighted by molar-refractivity contribution is 4.77. The van der Waals surface area contributed by atoms with E-state index in [0.29, 0.717) is 0 Å². The normalized spacial score (nSPS) is 34.9. The standard InChI is InChI=1S/C13H25N/c1-11-5-4-6-12(9-11)10-14-13-7-2-3-8-13/h11-14H,2-10H2,1H3. The maximum Gasteiger partial charge on any atom is 0.00671 e. The molecule has 2 rings (SSSR count). The van der Waals surface area contributed by atoms with E-state index in [9.17, 15) is 0 Å². The van der Waals surface area contributed by atoms with Crippen LogP contribution in [-0.2, 0) is 0 Å². The molecule has 2 unspecified atom stereocenters. The zero-order valence-electron chi connectivity index (χ0n) is 9.60. The second-order valence-corrected chi connectivity index (χ2v) is 5.53. The zero-order chi connectivity index (χ0) is 9.80.